The Bertz CT molecular complexity index is 1420. The van der Waals surface area contributed by atoms with E-state index in [0.717, 1.165) is 39.4 Å². The summed E-state index contributed by atoms with van der Waals surface area (Å²) in [5, 5.41) is 0.883. The monoisotopic (exact) mass is 597 g/mol. The first-order valence-electron chi connectivity index (χ1n) is 13.5. The van der Waals surface area contributed by atoms with E-state index in [4.69, 9.17) is 23.7 Å². The van der Waals surface area contributed by atoms with E-state index in [1.807, 2.05) is 66.7 Å². The summed E-state index contributed by atoms with van der Waals surface area (Å²) >= 11 is 1.56. The summed E-state index contributed by atoms with van der Waals surface area (Å²) in [4.78, 5) is 17.3. The molecule has 0 saturated carbocycles. The van der Waals surface area contributed by atoms with E-state index in [1.54, 1.807) is 25.6 Å². The first-order valence-corrected chi connectivity index (χ1v) is 14.3. The molecule has 218 valence electrons. The molecule has 7 nitrogen and oxygen atoms in total. The van der Waals surface area contributed by atoms with Gasteiger partial charge >= 0.3 is 0 Å². The Balaban J connectivity index is 0.00000387. The van der Waals surface area contributed by atoms with Crippen LogP contribution in [0.4, 0.5) is 0 Å². The number of hydrogen-bond acceptors (Lipinski definition) is 8. The van der Waals surface area contributed by atoms with Crippen molar-refractivity contribution in [3.63, 3.8) is 0 Å². The number of rotatable bonds is 12. The van der Waals surface area contributed by atoms with Gasteiger partial charge in [-0.15, -0.1) is 23.7 Å². The summed E-state index contributed by atoms with van der Waals surface area (Å²) in [6.07, 6.45) is 3.70. The molecule has 1 fully saturated rings. The van der Waals surface area contributed by atoms with Crippen LogP contribution < -0.4 is 14.2 Å². The Morgan fingerprint density at radius 2 is 1.44 bits per heavy atom. The molecule has 2 heterocycles. The molecule has 0 bridgehead atoms. The molecule has 0 amide bonds. The predicted molar refractivity (Wildman–Crippen MR) is 165 cm³/mol. The molecule has 1 unspecified atom stereocenters. The SMILES string of the molecule is COCOc1ccc(-c2sc3cc(OCOC)ccc3c2C(=O)c2ccc(OC(C)N3CCCCC3)cc2)cc1.Cl. The lowest BCUT2D eigenvalue weighted by Gasteiger charge is -2.32. The number of carbonyl (C=O) groups excluding carboxylic acids is 1. The van der Waals surface area contributed by atoms with Crippen LogP contribution in [0.1, 0.15) is 42.1 Å². The van der Waals surface area contributed by atoms with Crippen LogP contribution in [0.25, 0.3) is 20.5 Å². The van der Waals surface area contributed by atoms with Crippen LogP contribution >= 0.6 is 23.7 Å². The smallest absolute Gasteiger partial charge is 0.195 e. The van der Waals surface area contributed by atoms with Gasteiger partial charge in [0.2, 0.25) is 0 Å². The number of carbonyl (C=O) groups is 1. The molecule has 9 heteroatoms. The number of nitrogens with zero attached hydrogens (tertiary/aromatic N) is 1. The van der Waals surface area contributed by atoms with Crippen molar-refractivity contribution >= 4 is 39.6 Å². The fourth-order valence-electron chi connectivity index (χ4n) is 4.93. The van der Waals surface area contributed by atoms with E-state index >= 15 is 0 Å². The maximum atomic E-state index is 14.0. The highest BCUT2D eigenvalue weighted by Gasteiger charge is 2.23. The Kier molecular flexibility index (Phi) is 11.0. The van der Waals surface area contributed by atoms with Crippen molar-refractivity contribution in [2.24, 2.45) is 0 Å². The van der Waals surface area contributed by atoms with Crippen LogP contribution in [-0.4, -0.2) is 57.8 Å². The second-order valence-electron chi connectivity index (χ2n) is 9.76. The molecule has 41 heavy (non-hydrogen) atoms. The van der Waals surface area contributed by atoms with Gasteiger partial charge in [-0.2, -0.15) is 0 Å². The van der Waals surface area contributed by atoms with Gasteiger partial charge in [-0.25, -0.2) is 0 Å². The molecule has 1 atom stereocenters. The van der Waals surface area contributed by atoms with Crippen LogP contribution in [0.3, 0.4) is 0 Å². The highest BCUT2D eigenvalue weighted by atomic mass is 35.5. The predicted octanol–water partition coefficient (Wildman–Crippen LogP) is 7.40. The zero-order valence-corrected chi connectivity index (χ0v) is 25.2. The number of thiophene rings is 1. The number of fused-ring (bicyclic) bond motifs is 1. The number of halogens is 1. The number of benzene rings is 3. The summed E-state index contributed by atoms with van der Waals surface area (Å²) < 4.78 is 28.4. The zero-order valence-electron chi connectivity index (χ0n) is 23.6. The Morgan fingerprint density at radius 3 is 2.10 bits per heavy atom. The Labute approximate surface area is 251 Å². The number of ketones is 1. The summed E-state index contributed by atoms with van der Waals surface area (Å²) in [7, 11) is 3.17. The van der Waals surface area contributed by atoms with Gasteiger partial charge in [0.1, 0.15) is 23.5 Å². The number of piperidine rings is 1. The first-order chi connectivity index (χ1) is 19.6. The average molecular weight is 598 g/mol. The van der Waals surface area contributed by atoms with Gasteiger partial charge in [0.05, 0.1) is 0 Å². The van der Waals surface area contributed by atoms with Crippen molar-refractivity contribution < 1.29 is 28.5 Å². The fourth-order valence-corrected chi connectivity index (χ4v) is 6.17. The highest BCUT2D eigenvalue weighted by Crippen LogP contribution is 2.41. The fraction of sp³-hybridized carbons (Fsp3) is 0.344. The van der Waals surface area contributed by atoms with Crippen molar-refractivity contribution in [3.8, 4) is 27.7 Å². The minimum absolute atomic E-state index is 0. The van der Waals surface area contributed by atoms with Crippen molar-refractivity contribution in [2.75, 3.05) is 40.9 Å². The Morgan fingerprint density at radius 1 is 0.829 bits per heavy atom. The molecule has 0 N–H and O–H groups in total. The van der Waals surface area contributed by atoms with E-state index in [0.29, 0.717) is 22.6 Å². The van der Waals surface area contributed by atoms with Gasteiger partial charge in [0.25, 0.3) is 0 Å². The number of ether oxygens (including phenoxy) is 5. The summed E-state index contributed by atoms with van der Waals surface area (Å²) in [6, 6.07) is 21.0. The quantitative estimate of drug-likeness (QED) is 0.124. The molecular weight excluding hydrogens is 562 g/mol. The second kappa shape index (κ2) is 14.7. The normalized spacial score (nSPS) is 14.3. The molecular formula is C32H36ClNO6S. The summed E-state index contributed by atoms with van der Waals surface area (Å²) in [5.41, 5.74) is 2.21. The number of hydrogen-bond donors (Lipinski definition) is 0. The van der Waals surface area contributed by atoms with Crippen LogP contribution in [-0.2, 0) is 9.47 Å². The number of likely N-dealkylation sites (tertiary alicyclic amines) is 1. The van der Waals surface area contributed by atoms with E-state index < -0.39 is 0 Å². The third-order valence-corrected chi connectivity index (χ3v) is 8.22. The minimum Gasteiger partial charge on any atom is -0.475 e. The zero-order chi connectivity index (χ0) is 27.9. The van der Waals surface area contributed by atoms with Crippen molar-refractivity contribution in [1.29, 1.82) is 0 Å². The van der Waals surface area contributed by atoms with E-state index in [9.17, 15) is 4.79 Å². The molecule has 1 aliphatic heterocycles. The minimum atomic E-state index is -0.0397. The lowest BCUT2D eigenvalue weighted by Crippen LogP contribution is -2.40. The topological polar surface area (TPSA) is 66.5 Å². The first kappa shape index (κ1) is 30.8. The molecule has 0 spiro atoms. The molecule has 1 saturated heterocycles. The van der Waals surface area contributed by atoms with Crippen LogP contribution in [0.5, 0.6) is 17.2 Å². The van der Waals surface area contributed by atoms with E-state index in [1.165, 1.54) is 19.3 Å². The van der Waals surface area contributed by atoms with Gasteiger partial charge in [-0.1, -0.05) is 6.42 Å². The largest absolute Gasteiger partial charge is 0.475 e. The van der Waals surface area contributed by atoms with Gasteiger partial charge in [-0.3, -0.25) is 9.69 Å². The second-order valence-corrected chi connectivity index (χ2v) is 10.8. The van der Waals surface area contributed by atoms with Gasteiger partial charge in [0, 0.05) is 53.4 Å². The molecule has 5 rings (SSSR count). The molecule has 1 aromatic heterocycles. The lowest BCUT2D eigenvalue weighted by atomic mass is 9.97. The van der Waals surface area contributed by atoms with Crippen molar-refractivity contribution in [2.45, 2.75) is 32.4 Å². The van der Waals surface area contributed by atoms with Gasteiger partial charge < -0.3 is 23.7 Å². The van der Waals surface area contributed by atoms with Crippen LogP contribution in [0, 0.1) is 0 Å². The molecule has 1 aliphatic rings. The molecule has 0 aliphatic carbocycles. The number of methoxy groups -OCH3 is 2. The standard InChI is InChI=1S/C32H35NO6S.ClH/c1-22(33-17-5-4-6-18-33)39-26-13-7-23(8-14-26)31(34)30-28-16-15-27(38-21-36-3)19-29(28)40-32(30)24-9-11-25(12-10-24)37-20-35-2;/h7-16,19,22H,4-6,17-18,20-21H2,1-3H3;1H. The third kappa shape index (κ3) is 7.39. The van der Waals surface area contributed by atoms with E-state index in [2.05, 4.69) is 11.8 Å². The average Bonchev–Trinajstić information content (AvgIpc) is 3.38. The molecule has 0 radical (unpaired) electrons. The maximum absolute atomic E-state index is 14.0. The van der Waals surface area contributed by atoms with Crippen LogP contribution in [0.2, 0.25) is 0 Å². The van der Waals surface area contributed by atoms with Gasteiger partial charge in [0.15, 0.2) is 19.4 Å². The van der Waals surface area contributed by atoms with Crippen molar-refractivity contribution in [1.82, 2.24) is 4.90 Å². The molecule has 4 aromatic rings. The Hall–Kier alpha value is -3.14. The third-order valence-electron chi connectivity index (χ3n) is 7.02. The summed E-state index contributed by atoms with van der Waals surface area (Å²) in [6.45, 7) is 4.53. The van der Waals surface area contributed by atoms with E-state index in [-0.39, 0.29) is 38.0 Å². The maximum Gasteiger partial charge on any atom is 0.195 e. The molecule has 3 aromatic carbocycles. The highest BCUT2D eigenvalue weighted by molar-refractivity contribution is 7.22. The van der Waals surface area contributed by atoms with Crippen molar-refractivity contribution in [3.05, 3.63) is 77.9 Å². The van der Waals surface area contributed by atoms with Crippen LogP contribution in [0.15, 0.2) is 66.7 Å². The van der Waals surface area contributed by atoms with Gasteiger partial charge in [-0.05, 0) is 92.1 Å². The lowest BCUT2D eigenvalue weighted by molar-refractivity contribution is 0.0262. The summed E-state index contributed by atoms with van der Waals surface area (Å²) in [5.74, 6) is 2.11.